The Balaban J connectivity index is 2.46. The zero-order valence-corrected chi connectivity index (χ0v) is 22.4. The molecular formula is C24H30Cl2FN3O4S. The van der Waals surface area contributed by atoms with Gasteiger partial charge in [0, 0.05) is 22.6 Å². The van der Waals surface area contributed by atoms with Crippen molar-refractivity contribution in [3.63, 3.8) is 0 Å². The molecule has 0 aliphatic rings. The standard InChI is InChI=1S/C24H30Cl2FN3O4S/c1-5-16(3)28-24(32)22(6-2)29(14-17-7-9-20(27)10-8-17)23(31)15-30(35(4,33)34)21-12-18(25)11-19(26)13-21/h7-13,16,22H,5-6,14-15H2,1-4H3,(H,28,32). The van der Waals surface area contributed by atoms with E-state index in [9.17, 15) is 22.4 Å². The van der Waals surface area contributed by atoms with Crippen molar-refractivity contribution in [2.24, 2.45) is 0 Å². The van der Waals surface area contributed by atoms with Crippen molar-refractivity contribution >= 4 is 50.7 Å². The number of rotatable bonds is 11. The van der Waals surface area contributed by atoms with Gasteiger partial charge in [0.25, 0.3) is 0 Å². The van der Waals surface area contributed by atoms with Gasteiger partial charge >= 0.3 is 0 Å². The molecule has 35 heavy (non-hydrogen) atoms. The molecule has 2 unspecified atom stereocenters. The molecule has 0 radical (unpaired) electrons. The summed E-state index contributed by atoms with van der Waals surface area (Å²) in [6.45, 7) is 4.94. The van der Waals surface area contributed by atoms with Gasteiger partial charge < -0.3 is 10.2 Å². The number of halogens is 3. The average Bonchev–Trinajstić information content (AvgIpc) is 2.76. The molecule has 1 N–H and O–H groups in total. The summed E-state index contributed by atoms with van der Waals surface area (Å²) in [6.07, 6.45) is 1.95. The molecule has 0 aliphatic heterocycles. The van der Waals surface area contributed by atoms with Gasteiger partial charge in [0.15, 0.2) is 0 Å². The summed E-state index contributed by atoms with van der Waals surface area (Å²) in [4.78, 5) is 27.9. The smallest absolute Gasteiger partial charge is 0.244 e. The third kappa shape index (κ3) is 8.37. The molecule has 0 fully saturated rings. The van der Waals surface area contributed by atoms with Crippen LogP contribution in [0.5, 0.6) is 0 Å². The van der Waals surface area contributed by atoms with Crippen LogP contribution in [0.15, 0.2) is 42.5 Å². The maximum Gasteiger partial charge on any atom is 0.244 e. The second-order valence-electron chi connectivity index (χ2n) is 8.29. The van der Waals surface area contributed by atoms with Gasteiger partial charge in [-0.1, -0.05) is 49.2 Å². The first-order valence-electron chi connectivity index (χ1n) is 11.1. The summed E-state index contributed by atoms with van der Waals surface area (Å²) in [7, 11) is -3.92. The summed E-state index contributed by atoms with van der Waals surface area (Å²) in [6, 6.07) is 8.79. The fraction of sp³-hybridized carbons (Fsp3) is 0.417. The monoisotopic (exact) mass is 545 g/mol. The van der Waals surface area contributed by atoms with Crippen LogP contribution in [0.3, 0.4) is 0 Å². The Bertz CT molecular complexity index is 1130. The molecule has 2 aromatic rings. The van der Waals surface area contributed by atoms with Crippen LogP contribution in [-0.2, 0) is 26.2 Å². The highest BCUT2D eigenvalue weighted by Gasteiger charge is 2.32. The van der Waals surface area contributed by atoms with E-state index < -0.39 is 34.3 Å². The lowest BCUT2D eigenvalue weighted by Gasteiger charge is -2.33. The number of carbonyl (C=O) groups is 2. The molecule has 2 atom stereocenters. The molecule has 2 amide bonds. The SMILES string of the molecule is CCC(C)NC(=O)C(CC)N(Cc1ccc(F)cc1)C(=O)CN(c1cc(Cl)cc(Cl)c1)S(C)(=O)=O. The lowest BCUT2D eigenvalue weighted by molar-refractivity contribution is -0.140. The molecule has 0 aliphatic carbocycles. The number of nitrogens with one attached hydrogen (secondary N) is 1. The van der Waals surface area contributed by atoms with Gasteiger partial charge in [0.2, 0.25) is 21.8 Å². The van der Waals surface area contributed by atoms with Crippen LogP contribution in [0.4, 0.5) is 10.1 Å². The van der Waals surface area contributed by atoms with E-state index in [2.05, 4.69) is 5.32 Å². The lowest BCUT2D eigenvalue weighted by Crippen LogP contribution is -2.53. The topological polar surface area (TPSA) is 86.8 Å². The third-order valence-corrected chi connectivity index (χ3v) is 7.04. The first-order chi connectivity index (χ1) is 16.3. The van der Waals surface area contributed by atoms with Crippen molar-refractivity contribution < 1.29 is 22.4 Å². The zero-order chi connectivity index (χ0) is 26.3. The third-order valence-electron chi connectivity index (χ3n) is 5.47. The predicted molar refractivity (Wildman–Crippen MR) is 138 cm³/mol. The van der Waals surface area contributed by atoms with Gasteiger partial charge in [0.1, 0.15) is 18.4 Å². The van der Waals surface area contributed by atoms with Gasteiger partial charge in [-0.3, -0.25) is 13.9 Å². The number of amides is 2. The predicted octanol–water partition coefficient (Wildman–Crippen LogP) is 4.62. The van der Waals surface area contributed by atoms with Gasteiger partial charge in [-0.2, -0.15) is 0 Å². The zero-order valence-electron chi connectivity index (χ0n) is 20.1. The molecule has 7 nitrogen and oxygen atoms in total. The van der Waals surface area contributed by atoms with E-state index in [0.717, 1.165) is 10.6 Å². The van der Waals surface area contributed by atoms with Gasteiger partial charge in [-0.15, -0.1) is 0 Å². The average molecular weight is 546 g/mol. The van der Waals surface area contributed by atoms with Crippen LogP contribution in [0.1, 0.15) is 39.2 Å². The van der Waals surface area contributed by atoms with Crippen molar-refractivity contribution in [3.8, 4) is 0 Å². The Kier molecular flexibility index (Phi) is 10.4. The first-order valence-corrected chi connectivity index (χ1v) is 13.7. The number of sulfonamides is 1. The molecule has 0 aromatic heterocycles. The fourth-order valence-electron chi connectivity index (χ4n) is 3.44. The van der Waals surface area contributed by atoms with Crippen molar-refractivity contribution in [2.75, 3.05) is 17.1 Å². The lowest BCUT2D eigenvalue weighted by atomic mass is 10.1. The number of anilines is 1. The molecule has 0 spiro atoms. The Labute approximate surface area is 216 Å². The molecule has 11 heteroatoms. The van der Waals surface area contributed by atoms with Crippen LogP contribution in [-0.4, -0.2) is 50.0 Å². The van der Waals surface area contributed by atoms with E-state index in [1.165, 1.54) is 47.4 Å². The van der Waals surface area contributed by atoms with Crippen LogP contribution < -0.4 is 9.62 Å². The second-order valence-corrected chi connectivity index (χ2v) is 11.1. The molecule has 0 heterocycles. The second kappa shape index (κ2) is 12.6. The van der Waals surface area contributed by atoms with E-state index >= 15 is 0 Å². The number of benzene rings is 2. The highest BCUT2D eigenvalue weighted by atomic mass is 35.5. The van der Waals surface area contributed by atoms with E-state index in [4.69, 9.17) is 23.2 Å². The Morgan fingerprint density at radius 3 is 2.09 bits per heavy atom. The minimum absolute atomic E-state index is 0.0144. The number of carbonyl (C=O) groups excluding carboxylic acids is 2. The largest absolute Gasteiger partial charge is 0.352 e. The molecule has 0 bridgehead atoms. The quantitative estimate of drug-likeness (QED) is 0.446. The van der Waals surface area contributed by atoms with Crippen LogP contribution in [0, 0.1) is 5.82 Å². The van der Waals surface area contributed by atoms with E-state index in [-0.39, 0.29) is 40.6 Å². The van der Waals surface area contributed by atoms with Crippen LogP contribution in [0.25, 0.3) is 0 Å². The summed E-state index contributed by atoms with van der Waals surface area (Å²) in [5, 5.41) is 3.29. The maximum atomic E-state index is 13.6. The minimum Gasteiger partial charge on any atom is -0.352 e. The summed E-state index contributed by atoms with van der Waals surface area (Å²) in [5.41, 5.74) is 0.712. The summed E-state index contributed by atoms with van der Waals surface area (Å²) in [5.74, 6) is -1.40. The van der Waals surface area contributed by atoms with Crippen molar-refractivity contribution in [3.05, 3.63) is 63.9 Å². The number of hydrogen-bond acceptors (Lipinski definition) is 4. The van der Waals surface area contributed by atoms with Crippen LogP contribution in [0.2, 0.25) is 10.0 Å². The Morgan fingerprint density at radius 2 is 1.60 bits per heavy atom. The van der Waals surface area contributed by atoms with E-state index in [1.54, 1.807) is 6.92 Å². The molecule has 192 valence electrons. The van der Waals surface area contributed by atoms with Gasteiger partial charge in [-0.25, -0.2) is 12.8 Å². The van der Waals surface area contributed by atoms with Crippen molar-refractivity contribution in [1.82, 2.24) is 10.2 Å². The summed E-state index contributed by atoms with van der Waals surface area (Å²) >= 11 is 12.1. The Morgan fingerprint density at radius 1 is 1.03 bits per heavy atom. The van der Waals surface area contributed by atoms with Gasteiger partial charge in [-0.05, 0) is 55.7 Å². The summed E-state index contributed by atoms with van der Waals surface area (Å²) < 4.78 is 39.6. The molecule has 2 aromatic carbocycles. The van der Waals surface area contributed by atoms with E-state index in [1.807, 2.05) is 13.8 Å². The minimum atomic E-state index is -3.92. The first kappa shape index (κ1) is 28.9. The van der Waals surface area contributed by atoms with Gasteiger partial charge in [0.05, 0.1) is 11.9 Å². The van der Waals surface area contributed by atoms with E-state index in [0.29, 0.717) is 12.0 Å². The highest BCUT2D eigenvalue weighted by Crippen LogP contribution is 2.27. The Hall–Kier alpha value is -2.36. The number of hydrogen-bond donors (Lipinski definition) is 1. The highest BCUT2D eigenvalue weighted by molar-refractivity contribution is 7.92. The van der Waals surface area contributed by atoms with Crippen molar-refractivity contribution in [2.45, 2.75) is 52.2 Å². The molecule has 0 saturated heterocycles. The molecule has 0 saturated carbocycles. The normalized spacial score (nSPS) is 13.1. The fourth-order valence-corrected chi connectivity index (χ4v) is 4.79. The number of nitrogens with zero attached hydrogens (tertiary/aromatic N) is 2. The maximum absolute atomic E-state index is 13.6. The van der Waals surface area contributed by atoms with Crippen molar-refractivity contribution in [1.29, 1.82) is 0 Å². The van der Waals surface area contributed by atoms with Crippen LogP contribution >= 0.6 is 23.2 Å². The molecular weight excluding hydrogens is 516 g/mol. The molecule has 2 rings (SSSR count).